The second-order valence-electron chi connectivity index (χ2n) is 7.84. The van der Waals surface area contributed by atoms with E-state index in [9.17, 15) is 13.2 Å². The van der Waals surface area contributed by atoms with Crippen LogP contribution in [0, 0.1) is 26.7 Å². The normalized spacial score (nSPS) is 19.8. The van der Waals surface area contributed by atoms with Crippen LogP contribution in [-0.4, -0.2) is 62.8 Å². The van der Waals surface area contributed by atoms with Crippen LogP contribution in [-0.2, 0) is 14.8 Å². The van der Waals surface area contributed by atoms with Crippen molar-refractivity contribution in [2.45, 2.75) is 44.9 Å². The number of carbonyl (C=O) groups excluding carboxylic acids is 1. The molecule has 8 heteroatoms. The minimum Gasteiger partial charge on any atom is -0.341 e. The van der Waals surface area contributed by atoms with Gasteiger partial charge < -0.3 is 10.2 Å². The van der Waals surface area contributed by atoms with E-state index in [0.29, 0.717) is 30.8 Å². The highest BCUT2D eigenvalue weighted by molar-refractivity contribution is 7.89. The van der Waals surface area contributed by atoms with E-state index >= 15 is 0 Å². The first-order valence-electron chi connectivity index (χ1n) is 9.88. The van der Waals surface area contributed by atoms with Crippen LogP contribution < -0.4 is 5.32 Å². The van der Waals surface area contributed by atoms with Crippen LogP contribution in [0.15, 0.2) is 17.0 Å². The van der Waals surface area contributed by atoms with Crippen molar-refractivity contribution in [2.24, 2.45) is 5.92 Å². The summed E-state index contributed by atoms with van der Waals surface area (Å²) < 4.78 is 27.9. The molecule has 0 aromatic heterocycles. The van der Waals surface area contributed by atoms with Crippen LogP contribution in [0.5, 0.6) is 0 Å². The zero-order valence-electron chi connectivity index (χ0n) is 17.0. The molecule has 28 heavy (non-hydrogen) atoms. The molecule has 0 spiro atoms. The maximum atomic E-state index is 13.2. The summed E-state index contributed by atoms with van der Waals surface area (Å²) in [7, 11) is -3.52. The molecule has 6 nitrogen and oxygen atoms in total. The Morgan fingerprint density at radius 1 is 1.00 bits per heavy atom. The average molecular weight is 430 g/mol. The maximum Gasteiger partial charge on any atom is 0.243 e. The van der Waals surface area contributed by atoms with Gasteiger partial charge in [-0.1, -0.05) is 17.7 Å². The lowest BCUT2D eigenvalue weighted by Gasteiger charge is -2.33. The molecule has 1 amide bonds. The Labute approximate surface area is 175 Å². The van der Waals surface area contributed by atoms with Gasteiger partial charge in [-0.2, -0.15) is 4.31 Å². The molecule has 0 bridgehead atoms. The summed E-state index contributed by atoms with van der Waals surface area (Å²) in [4.78, 5) is 15.2. The number of aryl methyl sites for hydroxylation is 3. The third-order valence-corrected chi connectivity index (χ3v) is 7.86. The van der Waals surface area contributed by atoms with E-state index in [-0.39, 0.29) is 24.2 Å². The third-order valence-electron chi connectivity index (χ3n) is 5.66. The van der Waals surface area contributed by atoms with Crippen molar-refractivity contribution >= 4 is 28.3 Å². The summed E-state index contributed by atoms with van der Waals surface area (Å²) in [5.41, 5.74) is 2.66. The average Bonchev–Trinajstić information content (AvgIpc) is 2.89. The molecular formula is C20H32ClN3O3S. The second kappa shape index (κ2) is 9.57. The number of benzene rings is 1. The summed E-state index contributed by atoms with van der Waals surface area (Å²) in [5, 5.41) is 3.31. The smallest absolute Gasteiger partial charge is 0.243 e. The zero-order chi connectivity index (χ0) is 19.6. The van der Waals surface area contributed by atoms with Crippen molar-refractivity contribution in [2.75, 3.05) is 39.3 Å². The number of nitrogens with zero attached hydrogens (tertiary/aromatic N) is 2. The quantitative estimate of drug-likeness (QED) is 0.800. The van der Waals surface area contributed by atoms with Gasteiger partial charge in [0.25, 0.3) is 0 Å². The van der Waals surface area contributed by atoms with Gasteiger partial charge in [0.05, 0.1) is 4.90 Å². The molecule has 2 aliphatic heterocycles. The lowest BCUT2D eigenvalue weighted by atomic mass is 9.96. The first-order chi connectivity index (χ1) is 12.8. The number of rotatable bonds is 3. The van der Waals surface area contributed by atoms with Crippen LogP contribution in [0.1, 0.15) is 36.0 Å². The van der Waals surface area contributed by atoms with Gasteiger partial charge in [-0.15, -0.1) is 12.4 Å². The Morgan fingerprint density at radius 3 is 2.21 bits per heavy atom. The monoisotopic (exact) mass is 429 g/mol. The number of sulfonamides is 1. The molecule has 2 saturated heterocycles. The van der Waals surface area contributed by atoms with Crippen LogP contribution in [0.3, 0.4) is 0 Å². The Kier molecular flexibility index (Phi) is 7.90. The molecule has 1 N–H and O–H groups in total. The van der Waals surface area contributed by atoms with Crippen molar-refractivity contribution in [3.63, 3.8) is 0 Å². The number of nitrogens with one attached hydrogen (secondary N) is 1. The van der Waals surface area contributed by atoms with Gasteiger partial charge in [-0.05, 0) is 57.7 Å². The van der Waals surface area contributed by atoms with Gasteiger partial charge in [-0.3, -0.25) is 4.79 Å². The van der Waals surface area contributed by atoms with Gasteiger partial charge in [0.15, 0.2) is 0 Å². The maximum absolute atomic E-state index is 13.2. The SMILES string of the molecule is Cc1cc(C)c(S(=O)(=O)N2CCC(C(=O)N3CCCNCC3)CC2)c(C)c1.Cl. The number of piperidine rings is 1. The summed E-state index contributed by atoms with van der Waals surface area (Å²) >= 11 is 0. The molecule has 0 atom stereocenters. The van der Waals surface area contributed by atoms with Gasteiger partial charge >= 0.3 is 0 Å². The van der Waals surface area contributed by atoms with Gasteiger partial charge in [-0.25, -0.2) is 8.42 Å². The number of hydrogen-bond donors (Lipinski definition) is 1. The van der Waals surface area contributed by atoms with E-state index in [4.69, 9.17) is 0 Å². The van der Waals surface area contributed by atoms with Crippen molar-refractivity contribution < 1.29 is 13.2 Å². The van der Waals surface area contributed by atoms with E-state index in [1.54, 1.807) is 4.31 Å². The molecule has 158 valence electrons. The fourth-order valence-corrected chi connectivity index (χ4v) is 6.25. The number of halogens is 1. The molecular weight excluding hydrogens is 398 g/mol. The molecule has 0 unspecified atom stereocenters. The molecule has 0 aliphatic carbocycles. The Morgan fingerprint density at radius 2 is 1.61 bits per heavy atom. The fourth-order valence-electron chi connectivity index (χ4n) is 4.37. The van der Waals surface area contributed by atoms with Gasteiger partial charge in [0.2, 0.25) is 15.9 Å². The predicted octanol–water partition coefficient (Wildman–Crippen LogP) is 2.26. The molecule has 1 aromatic carbocycles. The van der Waals surface area contributed by atoms with Crippen LogP contribution in [0.2, 0.25) is 0 Å². The van der Waals surface area contributed by atoms with E-state index < -0.39 is 10.0 Å². The van der Waals surface area contributed by atoms with Crippen molar-refractivity contribution in [3.8, 4) is 0 Å². The zero-order valence-corrected chi connectivity index (χ0v) is 18.7. The van der Waals surface area contributed by atoms with E-state index in [1.807, 2.05) is 37.8 Å². The predicted molar refractivity (Wildman–Crippen MR) is 113 cm³/mol. The van der Waals surface area contributed by atoms with E-state index in [1.165, 1.54) is 0 Å². The van der Waals surface area contributed by atoms with Crippen LogP contribution in [0.25, 0.3) is 0 Å². The molecule has 0 saturated carbocycles. The van der Waals surface area contributed by atoms with Gasteiger partial charge in [0, 0.05) is 38.6 Å². The van der Waals surface area contributed by atoms with E-state index in [2.05, 4.69) is 5.32 Å². The standard InChI is InChI=1S/C20H31N3O3S.ClH/c1-15-13-16(2)19(17(3)14-15)27(25,26)23-10-5-18(6-11-23)20(24)22-9-4-7-21-8-12-22;/h13-14,18,21H,4-12H2,1-3H3;1H. The lowest BCUT2D eigenvalue weighted by Crippen LogP contribution is -2.45. The minimum atomic E-state index is -3.52. The summed E-state index contributed by atoms with van der Waals surface area (Å²) in [6, 6.07) is 3.84. The number of carbonyl (C=O) groups is 1. The Balaban J connectivity index is 0.00000280. The highest BCUT2D eigenvalue weighted by atomic mass is 35.5. The molecule has 1 aromatic rings. The summed E-state index contributed by atoms with van der Waals surface area (Å²) in [5.74, 6) is 0.133. The largest absolute Gasteiger partial charge is 0.341 e. The summed E-state index contributed by atoms with van der Waals surface area (Å²) in [6.07, 6.45) is 2.18. The van der Waals surface area contributed by atoms with Crippen molar-refractivity contribution in [1.29, 1.82) is 0 Å². The van der Waals surface area contributed by atoms with Crippen LogP contribution in [0.4, 0.5) is 0 Å². The highest BCUT2D eigenvalue weighted by Gasteiger charge is 2.35. The minimum absolute atomic E-state index is 0. The molecule has 2 fully saturated rings. The van der Waals surface area contributed by atoms with Crippen LogP contribution >= 0.6 is 12.4 Å². The Bertz CT molecular complexity index is 774. The van der Waals surface area contributed by atoms with Gasteiger partial charge in [0.1, 0.15) is 0 Å². The second-order valence-corrected chi connectivity index (χ2v) is 9.71. The van der Waals surface area contributed by atoms with Crippen molar-refractivity contribution in [1.82, 2.24) is 14.5 Å². The summed E-state index contributed by atoms with van der Waals surface area (Å²) in [6.45, 7) is 9.86. The Hall–Kier alpha value is -1.15. The number of amides is 1. The highest BCUT2D eigenvalue weighted by Crippen LogP contribution is 2.29. The van der Waals surface area contributed by atoms with Crippen molar-refractivity contribution in [3.05, 3.63) is 28.8 Å². The first kappa shape index (κ1) is 23.1. The molecule has 2 aliphatic rings. The van der Waals surface area contributed by atoms with E-state index in [0.717, 1.165) is 49.3 Å². The molecule has 3 rings (SSSR count). The molecule has 0 radical (unpaired) electrons. The third kappa shape index (κ3) is 4.87. The topological polar surface area (TPSA) is 69.7 Å². The number of hydrogen-bond acceptors (Lipinski definition) is 4. The fraction of sp³-hybridized carbons (Fsp3) is 0.650. The lowest BCUT2D eigenvalue weighted by molar-refractivity contribution is -0.136. The first-order valence-corrected chi connectivity index (χ1v) is 11.3. The molecule has 2 heterocycles.